The SMILES string of the molecule is COc1cccc(/C(O)=C2\C(=O)C(=O)N(c3nncs3)C2c2ccc(Br)o2)c1. The third kappa shape index (κ3) is 3.00. The highest BCUT2D eigenvalue weighted by Gasteiger charge is 2.49. The third-order valence-corrected chi connectivity index (χ3v) is 5.32. The number of aliphatic hydroxyl groups excluding tert-OH is 1. The van der Waals surface area contributed by atoms with Crippen LogP contribution in [0.15, 0.2) is 56.6 Å². The lowest BCUT2D eigenvalue weighted by Crippen LogP contribution is -2.29. The van der Waals surface area contributed by atoms with Gasteiger partial charge >= 0.3 is 5.91 Å². The lowest BCUT2D eigenvalue weighted by molar-refractivity contribution is -0.132. The van der Waals surface area contributed by atoms with Crippen molar-refractivity contribution >= 4 is 49.8 Å². The second-order valence-corrected chi connectivity index (χ2v) is 7.36. The highest BCUT2D eigenvalue weighted by Crippen LogP contribution is 2.43. The van der Waals surface area contributed by atoms with Crippen LogP contribution in [0.1, 0.15) is 17.4 Å². The zero-order valence-corrected chi connectivity index (χ0v) is 16.7. The minimum atomic E-state index is -0.981. The van der Waals surface area contributed by atoms with E-state index in [1.165, 1.54) is 17.5 Å². The molecule has 2 aromatic heterocycles. The molecular weight excluding hydrogens is 450 g/mol. The summed E-state index contributed by atoms with van der Waals surface area (Å²) in [6.07, 6.45) is 0. The molecule has 4 rings (SSSR count). The van der Waals surface area contributed by atoms with Crippen molar-refractivity contribution in [2.24, 2.45) is 0 Å². The summed E-state index contributed by atoms with van der Waals surface area (Å²) in [4.78, 5) is 26.8. The van der Waals surface area contributed by atoms with E-state index < -0.39 is 17.7 Å². The van der Waals surface area contributed by atoms with Crippen LogP contribution in [0.3, 0.4) is 0 Å². The van der Waals surface area contributed by atoms with Gasteiger partial charge in [0.2, 0.25) is 5.13 Å². The van der Waals surface area contributed by atoms with Gasteiger partial charge in [-0.3, -0.25) is 14.5 Å². The van der Waals surface area contributed by atoms with Gasteiger partial charge in [0.05, 0.1) is 12.7 Å². The summed E-state index contributed by atoms with van der Waals surface area (Å²) in [5.74, 6) is -1.20. The standard InChI is InChI=1S/C18H12BrN3O5S/c1-26-10-4-2-3-9(7-10)15(23)13-14(11-5-6-12(19)27-11)22(17(25)16(13)24)18-21-20-8-28-18/h2-8,14,23H,1H3/b15-13+. The molecule has 1 unspecified atom stereocenters. The Morgan fingerprint density at radius 3 is 2.79 bits per heavy atom. The number of nitrogens with zero attached hydrogens (tertiary/aromatic N) is 3. The van der Waals surface area contributed by atoms with Gasteiger partial charge in [0.1, 0.15) is 28.8 Å². The first-order valence-electron chi connectivity index (χ1n) is 7.98. The van der Waals surface area contributed by atoms with Crippen LogP contribution in [0.2, 0.25) is 0 Å². The van der Waals surface area contributed by atoms with Crippen molar-refractivity contribution < 1.29 is 23.8 Å². The van der Waals surface area contributed by atoms with Crippen LogP contribution in [0.4, 0.5) is 5.13 Å². The number of hydrogen-bond acceptors (Lipinski definition) is 8. The van der Waals surface area contributed by atoms with Gasteiger partial charge in [0.25, 0.3) is 5.78 Å². The lowest BCUT2D eigenvalue weighted by Gasteiger charge is -2.20. The van der Waals surface area contributed by atoms with Gasteiger partial charge in [0, 0.05) is 5.56 Å². The Hall–Kier alpha value is -2.98. The molecule has 10 heteroatoms. The van der Waals surface area contributed by atoms with Crippen LogP contribution < -0.4 is 9.64 Å². The number of aliphatic hydroxyl groups is 1. The van der Waals surface area contributed by atoms with E-state index in [2.05, 4.69) is 26.1 Å². The summed E-state index contributed by atoms with van der Waals surface area (Å²) < 4.78 is 11.2. The van der Waals surface area contributed by atoms with E-state index in [-0.39, 0.29) is 16.5 Å². The Labute approximate surface area is 171 Å². The van der Waals surface area contributed by atoms with Gasteiger partial charge in [0.15, 0.2) is 4.67 Å². The molecule has 3 heterocycles. The smallest absolute Gasteiger partial charge is 0.302 e. The van der Waals surface area contributed by atoms with Crippen LogP contribution in [0.5, 0.6) is 5.75 Å². The van der Waals surface area contributed by atoms with E-state index in [0.29, 0.717) is 21.7 Å². The van der Waals surface area contributed by atoms with Crippen LogP contribution in [0.25, 0.3) is 5.76 Å². The Balaban J connectivity index is 1.93. The highest BCUT2D eigenvalue weighted by atomic mass is 79.9. The molecule has 0 saturated carbocycles. The highest BCUT2D eigenvalue weighted by molar-refractivity contribution is 9.10. The minimum absolute atomic E-state index is 0.102. The predicted octanol–water partition coefficient (Wildman–Crippen LogP) is 3.53. The summed E-state index contributed by atoms with van der Waals surface area (Å²) in [6.45, 7) is 0. The number of amides is 1. The molecule has 1 fully saturated rings. The van der Waals surface area contributed by atoms with Crippen LogP contribution >= 0.6 is 27.3 Å². The molecule has 3 aromatic rings. The van der Waals surface area contributed by atoms with Gasteiger partial charge in [-0.05, 0) is 40.2 Å². The molecule has 0 radical (unpaired) electrons. The molecule has 28 heavy (non-hydrogen) atoms. The van der Waals surface area contributed by atoms with Crippen LogP contribution in [-0.2, 0) is 9.59 Å². The molecule has 1 N–H and O–H groups in total. The van der Waals surface area contributed by atoms with Crippen molar-refractivity contribution in [3.8, 4) is 5.75 Å². The molecule has 1 aromatic carbocycles. The molecule has 8 nitrogen and oxygen atoms in total. The number of rotatable bonds is 4. The first-order valence-corrected chi connectivity index (χ1v) is 9.65. The topological polar surface area (TPSA) is 106 Å². The zero-order valence-electron chi connectivity index (χ0n) is 14.3. The van der Waals surface area contributed by atoms with Gasteiger partial charge in [-0.25, -0.2) is 0 Å². The number of Topliss-reactive ketones (excluding diaryl/α,β-unsaturated/α-hetero) is 1. The normalized spacial score (nSPS) is 18.6. The number of carbonyl (C=O) groups is 2. The van der Waals surface area contributed by atoms with Crippen molar-refractivity contribution in [2.75, 3.05) is 12.0 Å². The molecular formula is C18H12BrN3O5S. The van der Waals surface area contributed by atoms with E-state index in [9.17, 15) is 14.7 Å². The van der Waals surface area contributed by atoms with Gasteiger partial charge in [-0.15, -0.1) is 10.2 Å². The quantitative estimate of drug-likeness (QED) is 0.359. The number of methoxy groups -OCH3 is 1. The second kappa shape index (κ2) is 7.21. The number of hydrogen-bond donors (Lipinski definition) is 1. The molecule has 1 saturated heterocycles. The van der Waals surface area contributed by atoms with Gasteiger partial charge < -0.3 is 14.3 Å². The fourth-order valence-electron chi connectivity index (χ4n) is 2.97. The van der Waals surface area contributed by atoms with Crippen molar-refractivity contribution in [1.82, 2.24) is 10.2 Å². The Bertz CT molecular complexity index is 1090. The van der Waals surface area contributed by atoms with Crippen molar-refractivity contribution in [1.29, 1.82) is 0 Å². The largest absolute Gasteiger partial charge is 0.507 e. The van der Waals surface area contributed by atoms with E-state index >= 15 is 0 Å². The molecule has 142 valence electrons. The fraction of sp³-hybridized carbons (Fsp3) is 0.111. The molecule has 1 aliphatic heterocycles. The second-order valence-electron chi connectivity index (χ2n) is 5.76. The first-order chi connectivity index (χ1) is 13.5. The fourth-order valence-corrected chi connectivity index (χ4v) is 3.88. The summed E-state index contributed by atoms with van der Waals surface area (Å²) in [6, 6.07) is 8.85. The van der Waals surface area contributed by atoms with Crippen LogP contribution in [-0.4, -0.2) is 34.1 Å². The van der Waals surface area contributed by atoms with Crippen molar-refractivity contribution in [2.45, 2.75) is 6.04 Å². The van der Waals surface area contributed by atoms with E-state index in [1.54, 1.807) is 36.4 Å². The summed E-state index contributed by atoms with van der Waals surface area (Å²) in [5.41, 5.74) is 1.69. The van der Waals surface area contributed by atoms with Crippen molar-refractivity contribution in [3.05, 3.63) is 63.5 Å². The molecule has 0 aliphatic carbocycles. The summed E-state index contributed by atoms with van der Waals surface area (Å²) in [5, 5.41) is 18.8. The number of ether oxygens (including phenoxy) is 1. The number of furan rings is 1. The Morgan fingerprint density at radius 1 is 1.32 bits per heavy atom. The predicted molar refractivity (Wildman–Crippen MR) is 104 cm³/mol. The molecule has 1 amide bonds. The molecule has 1 atom stereocenters. The summed E-state index contributed by atoms with van der Waals surface area (Å²) >= 11 is 4.32. The average Bonchev–Trinajstić information content (AvgIpc) is 3.42. The number of halogens is 1. The number of aromatic nitrogens is 2. The minimum Gasteiger partial charge on any atom is -0.507 e. The van der Waals surface area contributed by atoms with Gasteiger partial charge in [-0.1, -0.05) is 23.5 Å². The maximum absolute atomic E-state index is 12.8. The maximum atomic E-state index is 12.8. The van der Waals surface area contributed by atoms with Crippen LogP contribution in [0, 0.1) is 0 Å². The van der Waals surface area contributed by atoms with E-state index in [1.807, 2.05) is 0 Å². The number of benzene rings is 1. The number of carbonyl (C=O) groups excluding carboxylic acids is 2. The molecule has 1 aliphatic rings. The molecule has 0 bridgehead atoms. The van der Waals surface area contributed by atoms with Crippen molar-refractivity contribution in [3.63, 3.8) is 0 Å². The third-order valence-electron chi connectivity index (χ3n) is 4.21. The van der Waals surface area contributed by atoms with E-state index in [0.717, 1.165) is 11.3 Å². The molecule has 0 spiro atoms. The Kier molecular flexibility index (Phi) is 4.73. The number of ketones is 1. The average molecular weight is 462 g/mol. The van der Waals surface area contributed by atoms with E-state index in [4.69, 9.17) is 9.15 Å². The monoisotopic (exact) mass is 461 g/mol. The first kappa shape index (κ1) is 18.4. The maximum Gasteiger partial charge on any atom is 0.302 e. The number of anilines is 1. The lowest BCUT2D eigenvalue weighted by atomic mass is 9.99. The summed E-state index contributed by atoms with van der Waals surface area (Å²) in [7, 11) is 1.49. The zero-order chi connectivity index (χ0) is 19.8. The Morgan fingerprint density at radius 2 is 2.14 bits per heavy atom. The van der Waals surface area contributed by atoms with Gasteiger partial charge in [-0.2, -0.15) is 0 Å².